The normalized spacial score (nSPS) is 16.5. The molecule has 0 bridgehead atoms. The number of nitrogens with zero attached hydrogens (tertiary/aromatic N) is 1. The number of amides is 3. The minimum Gasteiger partial charge on any atom is -0.442 e. The Morgan fingerprint density at radius 1 is 1.50 bits per heavy atom. The zero-order chi connectivity index (χ0) is 5.28. The maximum Gasteiger partial charge on any atom is 1.00 e. The van der Waals surface area contributed by atoms with E-state index in [4.69, 9.17) is 0 Å². The summed E-state index contributed by atoms with van der Waals surface area (Å²) in [5, 5.41) is 5.21. The summed E-state index contributed by atoms with van der Waals surface area (Å²) in [6, 6.07) is -0.523. The molecule has 4 nitrogen and oxygen atoms in total. The van der Waals surface area contributed by atoms with E-state index in [1.807, 2.05) is 0 Å². The first-order valence-corrected chi connectivity index (χ1v) is 1.81. The topological polar surface area (TPSA) is 60.3 Å². The Labute approximate surface area is 88.8 Å². The molecule has 0 saturated carbocycles. The molecule has 1 saturated heterocycles. The van der Waals surface area contributed by atoms with Crippen LogP contribution < -0.4 is 56.7 Å². The van der Waals surface area contributed by atoms with Gasteiger partial charge in [0.25, 0.3) is 0 Å². The van der Waals surface area contributed by atoms with Crippen LogP contribution in [-0.2, 0) is 4.79 Å². The van der Waals surface area contributed by atoms with E-state index in [1.165, 1.54) is 0 Å². The van der Waals surface area contributed by atoms with Crippen LogP contribution in [-0.4, -0.2) is 18.5 Å². The second-order valence-electron chi connectivity index (χ2n) is 1.16. The molecule has 0 aromatic carbocycles. The van der Waals surface area contributed by atoms with E-state index in [0.29, 0.717) is 0 Å². The predicted molar refractivity (Wildman–Crippen MR) is 21.8 cm³/mol. The van der Waals surface area contributed by atoms with Gasteiger partial charge in [-0.15, -0.1) is 0 Å². The maximum absolute atomic E-state index is 10.0. The van der Waals surface area contributed by atoms with Crippen molar-refractivity contribution in [1.29, 1.82) is 0 Å². The van der Waals surface area contributed by atoms with E-state index in [1.54, 1.807) is 0 Å². The van der Waals surface area contributed by atoms with E-state index < -0.39 is 6.03 Å². The second kappa shape index (κ2) is 3.57. The first kappa shape index (κ1) is 8.58. The molecule has 8 heavy (non-hydrogen) atoms. The minimum absolute atomic E-state index is 0. The smallest absolute Gasteiger partial charge is 0.442 e. The standard InChI is InChI=1S/C3H4N2O2.K/c6-2-1-4-3(7)5-2;/h1H2,(H2,4,5,6,7);/q;+1/p-1. The number of carbonyl (C=O) groups excluding carboxylic acids is 2. The van der Waals surface area contributed by atoms with Gasteiger partial charge in [0.1, 0.15) is 5.91 Å². The Kier molecular flexibility index (Phi) is 3.83. The van der Waals surface area contributed by atoms with Gasteiger partial charge in [-0.25, -0.2) is 0 Å². The molecular weight excluding hydrogens is 135 g/mol. The van der Waals surface area contributed by atoms with Crippen molar-refractivity contribution in [3.8, 4) is 0 Å². The van der Waals surface area contributed by atoms with Crippen molar-refractivity contribution >= 4 is 11.9 Å². The van der Waals surface area contributed by atoms with Crippen LogP contribution in [0.15, 0.2) is 0 Å². The summed E-state index contributed by atoms with van der Waals surface area (Å²) in [4.78, 5) is 20.0. The molecule has 0 aromatic rings. The molecule has 0 aromatic heterocycles. The number of carbonyl (C=O) groups is 2. The molecule has 1 N–H and O–H groups in total. The zero-order valence-electron chi connectivity index (χ0n) is 4.47. The van der Waals surface area contributed by atoms with Gasteiger partial charge in [0.15, 0.2) is 6.03 Å². The molecule has 1 heterocycles. The largest absolute Gasteiger partial charge is 1.00 e. The molecule has 1 rings (SSSR count). The van der Waals surface area contributed by atoms with Crippen LogP contribution in [0.5, 0.6) is 0 Å². The van der Waals surface area contributed by atoms with Crippen LogP contribution in [0.3, 0.4) is 0 Å². The quantitative estimate of drug-likeness (QED) is 0.280. The Balaban J connectivity index is 0.000000490. The number of hydrogen-bond acceptors (Lipinski definition) is 2. The molecule has 0 spiro atoms. The monoisotopic (exact) mass is 138 g/mol. The van der Waals surface area contributed by atoms with Gasteiger partial charge in [0.05, 0.1) is 0 Å². The molecule has 5 heteroatoms. The maximum atomic E-state index is 10.0. The first-order chi connectivity index (χ1) is 3.29. The van der Waals surface area contributed by atoms with Gasteiger partial charge in [-0.05, 0) is 0 Å². The van der Waals surface area contributed by atoms with Crippen LogP contribution in [0.2, 0.25) is 0 Å². The van der Waals surface area contributed by atoms with E-state index in [-0.39, 0.29) is 63.8 Å². The Hall–Kier alpha value is 0.576. The summed E-state index contributed by atoms with van der Waals surface area (Å²) in [5.74, 6) is -0.384. The zero-order valence-corrected chi connectivity index (χ0v) is 7.59. The summed E-state index contributed by atoms with van der Waals surface area (Å²) >= 11 is 0. The third-order valence-electron chi connectivity index (χ3n) is 0.617. The van der Waals surface area contributed by atoms with Gasteiger partial charge in [-0.2, -0.15) is 0 Å². The summed E-state index contributed by atoms with van der Waals surface area (Å²) in [7, 11) is 0. The molecule has 3 amide bonds. The molecule has 0 unspecified atom stereocenters. The van der Waals surface area contributed by atoms with Gasteiger partial charge in [-0.1, -0.05) is 0 Å². The van der Waals surface area contributed by atoms with E-state index in [2.05, 4.69) is 10.6 Å². The molecule has 0 atom stereocenters. The van der Waals surface area contributed by atoms with Crippen LogP contribution in [0.1, 0.15) is 0 Å². The number of imide groups is 1. The number of urea groups is 1. The van der Waals surface area contributed by atoms with Crippen LogP contribution in [0.25, 0.3) is 5.32 Å². The van der Waals surface area contributed by atoms with Gasteiger partial charge in [0, 0.05) is 6.54 Å². The van der Waals surface area contributed by atoms with Crippen LogP contribution in [0.4, 0.5) is 4.79 Å². The molecule has 1 aliphatic heterocycles. The first-order valence-electron chi connectivity index (χ1n) is 1.81. The molecule has 0 radical (unpaired) electrons. The molecule has 1 aliphatic rings. The fraction of sp³-hybridized carbons (Fsp3) is 0.333. The second-order valence-corrected chi connectivity index (χ2v) is 1.16. The van der Waals surface area contributed by atoms with Crippen LogP contribution >= 0.6 is 0 Å². The van der Waals surface area contributed by atoms with Gasteiger partial charge in [-0.3, -0.25) is 9.59 Å². The Morgan fingerprint density at radius 3 is 2.25 bits per heavy atom. The van der Waals surface area contributed by atoms with E-state index in [0.717, 1.165) is 0 Å². The van der Waals surface area contributed by atoms with Gasteiger partial charge in [0.2, 0.25) is 0 Å². The summed E-state index contributed by atoms with van der Waals surface area (Å²) in [5.41, 5.74) is 0. The van der Waals surface area contributed by atoms with Crippen molar-refractivity contribution in [2.75, 3.05) is 6.54 Å². The van der Waals surface area contributed by atoms with Gasteiger partial charge < -0.3 is 10.6 Å². The summed E-state index contributed by atoms with van der Waals surface area (Å²) in [6.45, 7) is 0.0683. The van der Waals surface area contributed by atoms with Crippen molar-refractivity contribution in [2.45, 2.75) is 0 Å². The molecule has 0 aliphatic carbocycles. The van der Waals surface area contributed by atoms with Crippen molar-refractivity contribution in [2.24, 2.45) is 0 Å². The van der Waals surface area contributed by atoms with E-state index >= 15 is 0 Å². The number of rotatable bonds is 0. The van der Waals surface area contributed by atoms with Crippen molar-refractivity contribution < 1.29 is 61.0 Å². The number of nitrogens with one attached hydrogen (secondary N) is 1. The third kappa shape index (κ3) is 2.23. The molecular formula is C3H3KN2O2. The predicted octanol–water partition coefficient (Wildman–Crippen LogP) is -3.39. The molecule has 38 valence electrons. The van der Waals surface area contributed by atoms with Crippen LogP contribution in [0, 0.1) is 0 Å². The average molecular weight is 138 g/mol. The number of hydrogen-bond donors (Lipinski definition) is 1. The van der Waals surface area contributed by atoms with Crippen molar-refractivity contribution in [3.05, 3.63) is 5.32 Å². The summed E-state index contributed by atoms with van der Waals surface area (Å²) in [6.07, 6.45) is 0. The minimum atomic E-state index is -0.523. The molecule has 1 fully saturated rings. The van der Waals surface area contributed by atoms with E-state index in [9.17, 15) is 9.59 Å². The summed E-state index contributed by atoms with van der Waals surface area (Å²) < 4.78 is 0. The fourth-order valence-corrected chi connectivity index (χ4v) is 0.344. The SMILES string of the molecule is O=C1CNC(=O)[N-]1.[K+]. The Bertz CT molecular complexity index is 110. The Morgan fingerprint density at radius 2 is 2.12 bits per heavy atom. The van der Waals surface area contributed by atoms with Crippen molar-refractivity contribution in [1.82, 2.24) is 5.32 Å². The van der Waals surface area contributed by atoms with Crippen molar-refractivity contribution in [3.63, 3.8) is 0 Å². The fourth-order valence-electron chi connectivity index (χ4n) is 0.344. The average Bonchev–Trinajstić information content (AvgIpc) is 1.87. The van der Waals surface area contributed by atoms with Gasteiger partial charge >= 0.3 is 51.4 Å². The third-order valence-corrected chi connectivity index (χ3v) is 0.617.